The van der Waals surface area contributed by atoms with Gasteiger partial charge in [-0.25, -0.2) is 9.78 Å². The van der Waals surface area contributed by atoms with Crippen LogP contribution in [0.15, 0.2) is 42.6 Å². The molecule has 4 heteroatoms. The molecule has 0 unspecified atom stereocenters. The second kappa shape index (κ2) is 6.70. The van der Waals surface area contributed by atoms with Crippen LogP contribution in [0.3, 0.4) is 0 Å². The molecular formula is C16H17NO3. The fraction of sp³-hybridized carbons (Fsp3) is 0.250. The Morgan fingerprint density at radius 3 is 2.70 bits per heavy atom. The van der Waals surface area contributed by atoms with Crippen molar-refractivity contribution >= 4 is 5.97 Å². The normalized spacial score (nSPS) is 10.1. The molecule has 4 nitrogen and oxygen atoms in total. The molecule has 1 aromatic heterocycles. The minimum Gasteiger partial charge on any atom is -0.489 e. The number of rotatable bonds is 5. The molecule has 104 valence electrons. The van der Waals surface area contributed by atoms with Crippen LogP contribution >= 0.6 is 0 Å². The van der Waals surface area contributed by atoms with E-state index in [4.69, 9.17) is 4.74 Å². The van der Waals surface area contributed by atoms with Crippen molar-refractivity contribution in [1.29, 1.82) is 0 Å². The lowest BCUT2D eigenvalue weighted by Crippen LogP contribution is -2.05. The zero-order chi connectivity index (χ0) is 14.4. The summed E-state index contributed by atoms with van der Waals surface area (Å²) in [6.45, 7) is 2.52. The van der Waals surface area contributed by atoms with E-state index < -0.39 is 5.97 Å². The number of hydrogen-bond acceptors (Lipinski definition) is 4. The van der Waals surface area contributed by atoms with E-state index in [0.717, 1.165) is 17.7 Å². The molecule has 0 spiro atoms. The van der Waals surface area contributed by atoms with E-state index >= 15 is 0 Å². The zero-order valence-corrected chi connectivity index (χ0v) is 11.6. The Kier molecular flexibility index (Phi) is 4.71. The molecule has 0 bridgehead atoms. The average molecular weight is 271 g/mol. The van der Waals surface area contributed by atoms with Crippen molar-refractivity contribution in [2.45, 2.75) is 20.0 Å². The Morgan fingerprint density at radius 1 is 1.20 bits per heavy atom. The number of methoxy groups -OCH3 is 1. The van der Waals surface area contributed by atoms with Crippen LogP contribution in [-0.4, -0.2) is 18.1 Å². The fourth-order valence-corrected chi connectivity index (χ4v) is 1.76. The first kappa shape index (κ1) is 14.1. The minimum atomic E-state index is -0.437. The van der Waals surface area contributed by atoms with Crippen molar-refractivity contribution < 1.29 is 14.3 Å². The summed E-state index contributed by atoms with van der Waals surface area (Å²) in [5, 5.41) is 0. The third-order valence-electron chi connectivity index (χ3n) is 2.93. The highest BCUT2D eigenvalue weighted by Crippen LogP contribution is 2.15. The van der Waals surface area contributed by atoms with E-state index in [1.54, 1.807) is 12.3 Å². The number of aryl methyl sites for hydroxylation is 1. The summed E-state index contributed by atoms with van der Waals surface area (Å²) in [5.41, 5.74) is 2.44. The third-order valence-corrected chi connectivity index (χ3v) is 2.93. The molecule has 0 saturated heterocycles. The van der Waals surface area contributed by atoms with Gasteiger partial charge in [-0.2, -0.15) is 0 Å². The van der Waals surface area contributed by atoms with E-state index in [1.807, 2.05) is 24.3 Å². The monoisotopic (exact) mass is 271 g/mol. The topological polar surface area (TPSA) is 48.4 Å². The molecule has 2 aromatic rings. The molecule has 20 heavy (non-hydrogen) atoms. The largest absolute Gasteiger partial charge is 0.489 e. The summed E-state index contributed by atoms with van der Waals surface area (Å²) in [7, 11) is 1.34. The summed E-state index contributed by atoms with van der Waals surface area (Å²) in [6.07, 6.45) is 2.60. The lowest BCUT2D eigenvalue weighted by molar-refractivity contribution is 0.0594. The number of benzene rings is 1. The molecule has 0 aliphatic heterocycles. The highest BCUT2D eigenvalue weighted by Gasteiger charge is 2.06. The molecule has 1 heterocycles. The van der Waals surface area contributed by atoms with Gasteiger partial charge in [0.05, 0.1) is 7.11 Å². The van der Waals surface area contributed by atoms with Gasteiger partial charge in [0.2, 0.25) is 0 Å². The van der Waals surface area contributed by atoms with E-state index in [-0.39, 0.29) is 0 Å². The lowest BCUT2D eigenvalue weighted by Gasteiger charge is -2.07. The summed E-state index contributed by atoms with van der Waals surface area (Å²) in [5.74, 6) is 0.398. The van der Waals surface area contributed by atoms with Crippen LogP contribution in [0, 0.1) is 0 Å². The Bertz CT molecular complexity index is 579. The standard InChI is InChI=1S/C16H17NO3/c1-3-12-5-4-6-14(9-12)20-11-13-7-8-15(17-10-13)16(18)19-2/h4-10H,3,11H2,1-2H3. The van der Waals surface area contributed by atoms with Crippen molar-refractivity contribution in [2.75, 3.05) is 7.11 Å². The number of aromatic nitrogens is 1. The first-order chi connectivity index (χ1) is 9.72. The van der Waals surface area contributed by atoms with Gasteiger partial charge in [0.15, 0.2) is 0 Å². The van der Waals surface area contributed by atoms with Gasteiger partial charge in [-0.1, -0.05) is 25.1 Å². The Morgan fingerprint density at radius 2 is 2.05 bits per heavy atom. The summed E-state index contributed by atoms with van der Waals surface area (Å²) < 4.78 is 10.3. The fourth-order valence-electron chi connectivity index (χ4n) is 1.76. The van der Waals surface area contributed by atoms with Crippen molar-refractivity contribution in [2.24, 2.45) is 0 Å². The van der Waals surface area contributed by atoms with Gasteiger partial charge >= 0.3 is 5.97 Å². The molecule has 0 N–H and O–H groups in total. The van der Waals surface area contributed by atoms with Gasteiger partial charge in [0.1, 0.15) is 18.1 Å². The van der Waals surface area contributed by atoms with Crippen LogP contribution in [0.4, 0.5) is 0 Å². The first-order valence-corrected chi connectivity index (χ1v) is 6.48. The summed E-state index contributed by atoms with van der Waals surface area (Å²) in [4.78, 5) is 15.3. The molecule has 0 atom stereocenters. The molecule has 0 aliphatic carbocycles. The van der Waals surface area contributed by atoms with Crippen LogP contribution < -0.4 is 4.74 Å². The Balaban J connectivity index is 1.98. The Hall–Kier alpha value is -2.36. The molecular weight excluding hydrogens is 254 g/mol. The first-order valence-electron chi connectivity index (χ1n) is 6.48. The van der Waals surface area contributed by atoms with Crippen LogP contribution in [0.25, 0.3) is 0 Å². The molecule has 0 fully saturated rings. The number of carbonyl (C=O) groups is 1. The van der Waals surface area contributed by atoms with Gasteiger partial charge in [-0.15, -0.1) is 0 Å². The van der Waals surface area contributed by atoms with Gasteiger partial charge < -0.3 is 9.47 Å². The van der Waals surface area contributed by atoms with Gasteiger partial charge in [0, 0.05) is 11.8 Å². The van der Waals surface area contributed by atoms with Crippen molar-refractivity contribution in [3.05, 3.63) is 59.4 Å². The average Bonchev–Trinajstić information content (AvgIpc) is 2.53. The van der Waals surface area contributed by atoms with Gasteiger partial charge in [-0.3, -0.25) is 0 Å². The number of ether oxygens (including phenoxy) is 2. The number of pyridine rings is 1. The molecule has 0 saturated carbocycles. The summed E-state index contributed by atoms with van der Waals surface area (Å²) in [6, 6.07) is 11.4. The zero-order valence-electron chi connectivity index (χ0n) is 11.6. The lowest BCUT2D eigenvalue weighted by atomic mass is 10.2. The Labute approximate surface area is 118 Å². The highest BCUT2D eigenvalue weighted by molar-refractivity contribution is 5.86. The quantitative estimate of drug-likeness (QED) is 0.784. The number of carbonyl (C=O) groups excluding carboxylic acids is 1. The van der Waals surface area contributed by atoms with Crippen molar-refractivity contribution in [3.63, 3.8) is 0 Å². The predicted molar refractivity (Wildman–Crippen MR) is 75.7 cm³/mol. The van der Waals surface area contributed by atoms with Gasteiger partial charge in [-0.05, 0) is 30.2 Å². The second-order valence-corrected chi connectivity index (χ2v) is 4.33. The van der Waals surface area contributed by atoms with E-state index in [1.165, 1.54) is 12.7 Å². The SMILES string of the molecule is CCc1cccc(OCc2ccc(C(=O)OC)nc2)c1. The van der Waals surface area contributed by atoms with Crippen molar-refractivity contribution in [3.8, 4) is 5.75 Å². The molecule has 2 rings (SSSR count). The van der Waals surface area contributed by atoms with Crippen LogP contribution in [-0.2, 0) is 17.8 Å². The van der Waals surface area contributed by atoms with E-state index in [2.05, 4.69) is 22.7 Å². The second-order valence-electron chi connectivity index (χ2n) is 4.33. The molecule has 0 radical (unpaired) electrons. The predicted octanol–water partition coefficient (Wildman–Crippen LogP) is 3.01. The number of nitrogens with zero attached hydrogens (tertiary/aromatic N) is 1. The van der Waals surface area contributed by atoms with Crippen LogP contribution in [0.1, 0.15) is 28.5 Å². The molecule has 1 aromatic carbocycles. The van der Waals surface area contributed by atoms with E-state index in [0.29, 0.717) is 12.3 Å². The van der Waals surface area contributed by atoms with Crippen LogP contribution in [0.5, 0.6) is 5.75 Å². The third kappa shape index (κ3) is 3.57. The van der Waals surface area contributed by atoms with Gasteiger partial charge in [0.25, 0.3) is 0 Å². The highest BCUT2D eigenvalue weighted by atomic mass is 16.5. The minimum absolute atomic E-state index is 0.296. The molecule has 0 amide bonds. The summed E-state index contributed by atoms with van der Waals surface area (Å²) >= 11 is 0. The maximum atomic E-state index is 11.3. The number of hydrogen-bond donors (Lipinski definition) is 0. The maximum absolute atomic E-state index is 11.3. The van der Waals surface area contributed by atoms with Crippen LogP contribution in [0.2, 0.25) is 0 Å². The van der Waals surface area contributed by atoms with Crippen molar-refractivity contribution in [1.82, 2.24) is 4.98 Å². The molecule has 0 aliphatic rings. The maximum Gasteiger partial charge on any atom is 0.356 e. The smallest absolute Gasteiger partial charge is 0.356 e. The number of esters is 1. The van der Waals surface area contributed by atoms with E-state index in [9.17, 15) is 4.79 Å².